The molecule has 0 heterocycles. The van der Waals surface area contributed by atoms with E-state index >= 15 is 0 Å². The highest BCUT2D eigenvalue weighted by atomic mass is 35.5. The van der Waals surface area contributed by atoms with E-state index in [-0.39, 0.29) is 36.1 Å². The standard InChI is InChI=1S/C32H39Cl2N3O5S2/c1-7-27(31(39)35-32(3,4)5)36(20-24-25(33)12-11-13-26(24)34)30(38)21-37(28-14-9-10-15-29(28)42-8-2)44(40,41)23-18-16-22(43-6)17-19-23/h9-19,27H,7-8,20-21H2,1-6H3,(H,35,39)/t27-/m0/s1. The molecule has 0 aliphatic heterocycles. The number of para-hydroxylation sites is 2. The third-order valence-corrected chi connectivity index (χ3v) is 9.86. The van der Waals surface area contributed by atoms with E-state index in [1.165, 1.54) is 28.8 Å². The zero-order valence-electron chi connectivity index (χ0n) is 25.8. The van der Waals surface area contributed by atoms with Gasteiger partial charge >= 0.3 is 0 Å². The van der Waals surface area contributed by atoms with Crippen LogP contribution in [0, 0.1) is 0 Å². The lowest BCUT2D eigenvalue weighted by Gasteiger charge is -2.35. The van der Waals surface area contributed by atoms with E-state index in [2.05, 4.69) is 5.32 Å². The van der Waals surface area contributed by atoms with Gasteiger partial charge in [0.1, 0.15) is 18.3 Å². The van der Waals surface area contributed by atoms with Crippen LogP contribution < -0.4 is 14.4 Å². The van der Waals surface area contributed by atoms with Crippen molar-refractivity contribution >= 4 is 62.5 Å². The van der Waals surface area contributed by atoms with Crippen molar-refractivity contribution in [3.05, 3.63) is 82.3 Å². The summed E-state index contributed by atoms with van der Waals surface area (Å²) < 4.78 is 35.3. The van der Waals surface area contributed by atoms with Crippen LogP contribution in [0.15, 0.2) is 76.5 Å². The van der Waals surface area contributed by atoms with Crippen LogP contribution in [0.4, 0.5) is 5.69 Å². The van der Waals surface area contributed by atoms with Gasteiger partial charge in [-0.05, 0) is 88.9 Å². The zero-order valence-corrected chi connectivity index (χ0v) is 28.9. The molecule has 12 heteroatoms. The van der Waals surface area contributed by atoms with E-state index in [9.17, 15) is 18.0 Å². The van der Waals surface area contributed by atoms with Gasteiger partial charge in [-0.3, -0.25) is 13.9 Å². The Morgan fingerprint density at radius 2 is 1.57 bits per heavy atom. The lowest BCUT2D eigenvalue weighted by atomic mass is 10.1. The van der Waals surface area contributed by atoms with E-state index in [0.29, 0.717) is 21.4 Å². The van der Waals surface area contributed by atoms with Crippen molar-refractivity contribution in [2.75, 3.05) is 23.7 Å². The number of sulfonamides is 1. The first-order valence-electron chi connectivity index (χ1n) is 14.2. The fourth-order valence-corrected chi connectivity index (χ4v) is 6.91. The van der Waals surface area contributed by atoms with Gasteiger partial charge in [0.15, 0.2) is 0 Å². The molecule has 1 N–H and O–H groups in total. The molecule has 0 saturated carbocycles. The summed E-state index contributed by atoms with van der Waals surface area (Å²) in [4.78, 5) is 30.2. The number of amides is 2. The minimum absolute atomic E-state index is 0.00705. The molecule has 0 bridgehead atoms. The Morgan fingerprint density at radius 3 is 2.11 bits per heavy atom. The number of hydrogen-bond donors (Lipinski definition) is 1. The van der Waals surface area contributed by atoms with Crippen LogP contribution in [0.3, 0.4) is 0 Å². The van der Waals surface area contributed by atoms with E-state index in [1.807, 2.05) is 27.0 Å². The number of carbonyl (C=O) groups is 2. The highest BCUT2D eigenvalue weighted by Crippen LogP contribution is 2.34. The summed E-state index contributed by atoms with van der Waals surface area (Å²) in [6, 6.07) is 17.1. The summed E-state index contributed by atoms with van der Waals surface area (Å²) in [7, 11) is -4.28. The molecule has 3 rings (SSSR count). The number of halogens is 2. The SMILES string of the molecule is CCOc1ccccc1N(CC(=O)N(Cc1c(Cl)cccc1Cl)[C@@H](CC)C(=O)NC(C)(C)C)S(=O)(=O)c1ccc(SC)cc1. The Hall–Kier alpha value is -2.92. The number of nitrogens with zero attached hydrogens (tertiary/aromatic N) is 2. The molecule has 1 atom stereocenters. The first-order valence-corrected chi connectivity index (χ1v) is 17.6. The van der Waals surface area contributed by atoms with E-state index < -0.39 is 34.1 Å². The van der Waals surface area contributed by atoms with Gasteiger partial charge in [-0.1, -0.05) is 48.3 Å². The van der Waals surface area contributed by atoms with Crippen LogP contribution in [0.2, 0.25) is 10.0 Å². The minimum atomic E-state index is -4.28. The Balaban J connectivity index is 2.17. The quantitative estimate of drug-likeness (QED) is 0.195. The molecule has 0 unspecified atom stereocenters. The molecule has 0 saturated heterocycles. The summed E-state index contributed by atoms with van der Waals surface area (Å²) in [5, 5.41) is 3.59. The van der Waals surface area contributed by atoms with E-state index in [4.69, 9.17) is 27.9 Å². The lowest BCUT2D eigenvalue weighted by molar-refractivity contribution is -0.141. The second-order valence-electron chi connectivity index (χ2n) is 11.0. The molecule has 2 amide bonds. The van der Waals surface area contributed by atoms with Gasteiger partial charge in [0.25, 0.3) is 10.0 Å². The Labute approximate surface area is 275 Å². The fourth-order valence-electron chi connectivity index (χ4n) is 4.56. The normalized spacial score (nSPS) is 12.4. The maximum absolute atomic E-state index is 14.4. The highest BCUT2D eigenvalue weighted by Gasteiger charge is 2.36. The van der Waals surface area contributed by atoms with E-state index in [0.717, 1.165) is 9.20 Å². The molecular weight excluding hydrogens is 641 g/mol. The van der Waals surface area contributed by atoms with Gasteiger partial charge in [0.05, 0.1) is 17.2 Å². The molecule has 0 aromatic heterocycles. The summed E-state index contributed by atoms with van der Waals surface area (Å²) >= 11 is 14.5. The van der Waals surface area contributed by atoms with Gasteiger partial charge < -0.3 is 15.0 Å². The van der Waals surface area contributed by atoms with Crippen molar-refractivity contribution in [3.63, 3.8) is 0 Å². The number of anilines is 1. The zero-order chi connectivity index (χ0) is 32.7. The van der Waals surface area contributed by atoms with Crippen molar-refractivity contribution in [2.45, 2.75) is 69.0 Å². The summed E-state index contributed by atoms with van der Waals surface area (Å²) in [5.41, 5.74) is 0.0678. The summed E-state index contributed by atoms with van der Waals surface area (Å²) in [6.07, 6.45) is 2.15. The third kappa shape index (κ3) is 8.84. The van der Waals surface area contributed by atoms with Crippen LogP contribution in [-0.2, 0) is 26.2 Å². The number of ether oxygens (including phenoxy) is 1. The van der Waals surface area contributed by atoms with Crippen molar-refractivity contribution in [1.82, 2.24) is 10.2 Å². The topological polar surface area (TPSA) is 96.0 Å². The Morgan fingerprint density at radius 1 is 0.955 bits per heavy atom. The first-order chi connectivity index (χ1) is 20.7. The number of rotatable bonds is 13. The number of benzene rings is 3. The van der Waals surface area contributed by atoms with Crippen molar-refractivity contribution in [3.8, 4) is 5.75 Å². The molecule has 3 aromatic rings. The van der Waals surface area contributed by atoms with Gasteiger partial charge in [0, 0.05) is 32.6 Å². The van der Waals surface area contributed by atoms with Gasteiger partial charge in [-0.2, -0.15) is 0 Å². The average molecular weight is 681 g/mol. The molecule has 0 aliphatic rings. The molecule has 0 spiro atoms. The van der Waals surface area contributed by atoms with Gasteiger partial charge in [-0.25, -0.2) is 8.42 Å². The van der Waals surface area contributed by atoms with Crippen LogP contribution in [0.5, 0.6) is 5.75 Å². The van der Waals surface area contributed by atoms with Gasteiger partial charge in [0.2, 0.25) is 11.8 Å². The van der Waals surface area contributed by atoms with Gasteiger partial charge in [-0.15, -0.1) is 11.8 Å². The van der Waals surface area contributed by atoms with Crippen LogP contribution >= 0.6 is 35.0 Å². The van der Waals surface area contributed by atoms with Crippen LogP contribution in [0.25, 0.3) is 0 Å². The molecular formula is C32H39Cl2N3O5S2. The van der Waals surface area contributed by atoms with Crippen LogP contribution in [0.1, 0.15) is 46.6 Å². The minimum Gasteiger partial charge on any atom is -0.492 e. The molecule has 0 aliphatic carbocycles. The largest absolute Gasteiger partial charge is 0.492 e. The van der Waals surface area contributed by atoms with E-state index in [1.54, 1.807) is 68.4 Å². The molecule has 0 radical (unpaired) electrons. The predicted molar refractivity (Wildman–Crippen MR) is 179 cm³/mol. The highest BCUT2D eigenvalue weighted by molar-refractivity contribution is 7.98. The number of nitrogens with one attached hydrogen (secondary N) is 1. The first kappa shape index (κ1) is 35.6. The Bertz CT molecular complexity index is 1540. The van der Waals surface area contributed by atoms with Crippen LogP contribution in [-0.4, -0.2) is 56.1 Å². The second-order valence-corrected chi connectivity index (χ2v) is 14.5. The summed E-state index contributed by atoms with van der Waals surface area (Å²) in [6.45, 7) is 8.66. The summed E-state index contributed by atoms with van der Waals surface area (Å²) in [5.74, 6) is -0.703. The number of hydrogen-bond acceptors (Lipinski definition) is 6. The fraction of sp³-hybridized carbons (Fsp3) is 0.375. The van der Waals surface area contributed by atoms with Crippen molar-refractivity contribution in [2.24, 2.45) is 0 Å². The second kappa shape index (κ2) is 15.4. The van der Waals surface area contributed by atoms with Crippen molar-refractivity contribution < 1.29 is 22.7 Å². The smallest absolute Gasteiger partial charge is 0.264 e. The maximum atomic E-state index is 14.4. The monoisotopic (exact) mass is 679 g/mol. The molecule has 3 aromatic carbocycles. The number of carbonyl (C=O) groups excluding carboxylic acids is 2. The maximum Gasteiger partial charge on any atom is 0.264 e. The predicted octanol–water partition coefficient (Wildman–Crippen LogP) is 7.03. The number of thioether (sulfide) groups is 1. The average Bonchev–Trinajstić information content (AvgIpc) is 2.96. The molecule has 0 fully saturated rings. The van der Waals surface area contributed by atoms with Crippen molar-refractivity contribution in [1.29, 1.82) is 0 Å². The molecule has 238 valence electrons. The molecule has 44 heavy (non-hydrogen) atoms. The third-order valence-electron chi connectivity index (χ3n) is 6.63. The Kier molecular flexibility index (Phi) is 12.4. The molecule has 8 nitrogen and oxygen atoms in total. The lowest BCUT2D eigenvalue weighted by Crippen LogP contribution is -2.55.